The van der Waals surface area contributed by atoms with Crippen LogP contribution in [0.5, 0.6) is 5.75 Å². The molecule has 2 aromatic rings. The topological polar surface area (TPSA) is 51.2 Å². The molecular formula is C13H10F2N2O2. The van der Waals surface area contributed by atoms with E-state index in [0.29, 0.717) is 5.75 Å². The number of amides is 1. The van der Waals surface area contributed by atoms with E-state index in [-0.39, 0.29) is 11.3 Å². The van der Waals surface area contributed by atoms with Crippen LogP contribution in [0.25, 0.3) is 0 Å². The summed E-state index contributed by atoms with van der Waals surface area (Å²) in [6.07, 6.45) is 1.07. The van der Waals surface area contributed by atoms with E-state index in [1.807, 2.05) is 0 Å². The lowest BCUT2D eigenvalue weighted by molar-refractivity contribution is 0.102. The van der Waals surface area contributed by atoms with Gasteiger partial charge in [-0.1, -0.05) is 0 Å². The lowest BCUT2D eigenvalue weighted by atomic mass is 10.2. The molecule has 0 unspecified atom stereocenters. The highest BCUT2D eigenvalue weighted by Crippen LogP contribution is 2.21. The molecule has 0 aliphatic rings. The van der Waals surface area contributed by atoms with Crippen molar-refractivity contribution in [1.29, 1.82) is 0 Å². The normalized spacial score (nSPS) is 10.1. The number of benzene rings is 1. The van der Waals surface area contributed by atoms with Crippen molar-refractivity contribution in [2.45, 2.75) is 0 Å². The van der Waals surface area contributed by atoms with Gasteiger partial charge in [-0.15, -0.1) is 0 Å². The molecule has 4 nitrogen and oxygen atoms in total. The largest absolute Gasteiger partial charge is 0.497 e. The van der Waals surface area contributed by atoms with Crippen LogP contribution in [0.3, 0.4) is 0 Å². The number of carbonyl (C=O) groups is 1. The molecule has 0 aliphatic carbocycles. The van der Waals surface area contributed by atoms with Crippen LogP contribution < -0.4 is 10.1 Å². The summed E-state index contributed by atoms with van der Waals surface area (Å²) in [7, 11) is 1.43. The van der Waals surface area contributed by atoms with Gasteiger partial charge in [0.05, 0.1) is 18.4 Å². The number of methoxy groups -OCH3 is 1. The number of hydrogen-bond donors (Lipinski definition) is 1. The molecule has 1 N–H and O–H groups in total. The summed E-state index contributed by atoms with van der Waals surface area (Å²) in [4.78, 5) is 15.1. The third-order valence-electron chi connectivity index (χ3n) is 2.41. The third-order valence-corrected chi connectivity index (χ3v) is 2.41. The lowest BCUT2D eigenvalue weighted by Gasteiger charge is -2.08. The predicted molar refractivity (Wildman–Crippen MR) is 65.1 cm³/mol. The van der Waals surface area contributed by atoms with Crippen LogP contribution in [0.15, 0.2) is 36.5 Å². The first kappa shape index (κ1) is 12.9. The van der Waals surface area contributed by atoms with Gasteiger partial charge in [0.1, 0.15) is 11.6 Å². The van der Waals surface area contributed by atoms with Crippen LogP contribution in [0.1, 0.15) is 10.4 Å². The van der Waals surface area contributed by atoms with Crippen molar-refractivity contribution in [3.63, 3.8) is 0 Å². The van der Waals surface area contributed by atoms with Gasteiger partial charge in [0.2, 0.25) is 5.95 Å². The molecule has 0 spiro atoms. The zero-order valence-electron chi connectivity index (χ0n) is 9.98. The van der Waals surface area contributed by atoms with Gasteiger partial charge < -0.3 is 10.1 Å². The summed E-state index contributed by atoms with van der Waals surface area (Å²) in [5, 5.41) is 2.36. The van der Waals surface area contributed by atoms with Crippen LogP contribution in [-0.2, 0) is 0 Å². The van der Waals surface area contributed by atoms with E-state index >= 15 is 0 Å². The monoisotopic (exact) mass is 264 g/mol. The quantitative estimate of drug-likeness (QED) is 0.867. The molecule has 2 rings (SSSR count). The van der Waals surface area contributed by atoms with E-state index in [2.05, 4.69) is 10.3 Å². The Morgan fingerprint density at radius 3 is 2.68 bits per heavy atom. The van der Waals surface area contributed by atoms with E-state index in [0.717, 1.165) is 12.3 Å². The minimum absolute atomic E-state index is 0.0197. The SMILES string of the molecule is COc1ccc(F)c(NC(=O)c2ccc(F)nc2)c1. The Balaban J connectivity index is 2.21. The molecule has 1 heterocycles. The standard InChI is InChI=1S/C13H10F2N2O2/c1-19-9-3-4-10(14)11(6-9)17-13(18)8-2-5-12(15)16-7-8/h2-7H,1H3,(H,17,18). The number of carbonyl (C=O) groups excluding carboxylic acids is 1. The summed E-state index contributed by atoms with van der Waals surface area (Å²) < 4.78 is 31.1. The number of nitrogens with one attached hydrogen (secondary N) is 1. The Hall–Kier alpha value is -2.50. The van der Waals surface area contributed by atoms with Gasteiger partial charge in [-0.05, 0) is 24.3 Å². The van der Waals surface area contributed by atoms with E-state index in [1.54, 1.807) is 0 Å². The van der Waals surface area contributed by atoms with Gasteiger partial charge in [0.15, 0.2) is 0 Å². The van der Waals surface area contributed by atoms with Crippen molar-refractivity contribution in [3.05, 3.63) is 53.9 Å². The fourth-order valence-electron chi connectivity index (χ4n) is 1.43. The summed E-state index contributed by atoms with van der Waals surface area (Å²) >= 11 is 0. The lowest BCUT2D eigenvalue weighted by Crippen LogP contribution is -2.13. The first-order chi connectivity index (χ1) is 9.10. The number of aromatic nitrogens is 1. The fourth-order valence-corrected chi connectivity index (χ4v) is 1.43. The van der Waals surface area contributed by atoms with Crippen molar-refractivity contribution in [2.24, 2.45) is 0 Å². The Morgan fingerprint density at radius 2 is 2.05 bits per heavy atom. The summed E-state index contributed by atoms with van der Waals surface area (Å²) in [5.74, 6) is -1.46. The number of pyridine rings is 1. The van der Waals surface area contributed by atoms with Crippen LogP contribution in [0.4, 0.5) is 14.5 Å². The van der Waals surface area contributed by atoms with Crippen LogP contribution in [0.2, 0.25) is 0 Å². The predicted octanol–water partition coefficient (Wildman–Crippen LogP) is 2.62. The van der Waals surface area contributed by atoms with Crippen molar-refractivity contribution in [1.82, 2.24) is 4.98 Å². The molecule has 0 saturated carbocycles. The Labute approximate surface area is 108 Å². The smallest absolute Gasteiger partial charge is 0.257 e. The molecule has 19 heavy (non-hydrogen) atoms. The Bertz CT molecular complexity index is 600. The second kappa shape index (κ2) is 5.43. The first-order valence-corrected chi connectivity index (χ1v) is 5.36. The molecule has 6 heteroatoms. The zero-order valence-corrected chi connectivity index (χ0v) is 9.98. The number of anilines is 1. The molecule has 0 fully saturated rings. The fraction of sp³-hybridized carbons (Fsp3) is 0.0769. The summed E-state index contributed by atoms with van der Waals surface area (Å²) in [6.45, 7) is 0. The Morgan fingerprint density at radius 1 is 1.26 bits per heavy atom. The van der Waals surface area contributed by atoms with E-state index in [9.17, 15) is 13.6 Å². The van der Waals surface area contributed by atoms with Gasteiger partial charge in [0, 0.05) is 12.3 Å². The molecule has 0 atom stereocenters. The number of nitrogens with zero attached hydrogens (tertiary/aromatic N) is 1. The molecule has 0 saturated heterocycles. The molecule has 1 aromatic carbocycles. The van der Waals surface area contributed by atoms with Crippen molar-refractivity contribution in [2.75, 3.05) is 12.4 Å². The molecule has 1 amide bonds. The molecule has 1 aromatic heterocycles. The second-order valence-corrected chi connectivity index (χ2v) is 3.67. The van der Waals surface area contributed by atoms with Crippen molar-refractivity contribution >= 4 is 11.6 Å². The number of halogens is 2. The molecular weight excluding hydrogens is 254 g/mol. The Kier molecular flexibility index (Phi) is 3.70. The molecule has 0 aliphatic heterocycles. The highest BCUT2D eigenvalue weighted by Gasteiger charge is 2.10. The summed E-state index contributed by atoms with van der Waals surface area (Å²) in [5.41, 5.74) is 0.109. The van der Waals surface area contributed by atoms with E-state index in [4.69, 9.17) is 4.74 Å². The molecule has 0 bridgehead atoms. The van der Waals surface area contributed by atoms with Crippen LogP contribution in [0, 0.1) is 11.8 Å². The third kappa shape index (κ3) is 3.04. The van der Waals surface area contributed by atoms with Gasteiger partial charge in [-0.2, -0.15) is 4.39 Å². The summed E-state index contributed by atoms with van der Waals surface area (Å²) in [6, 6.07) is 6.28. The highest BCUT2D eigenvalue weighted by molar-refractivity contribution is 6.04. The zero-order chi connectivity index (χ0) is 13.8. The first-order valence-electron chi connectivity index (χ1n) is 5.36. The maximum absolute atomic E-state index is 13.5. The van der Waals surface area contributed by atoms with Gasteiger partial charge in [0.25, 0.3) is 5.91 Å². The molecule has 98 valence electrons. The molecule has 0 radical (unpaired) electrons. The van der Waals surface area contributed by atoms with Crippen LogP contribution >= 0.6 is 0 Å². The number of hydrogen-bond acceptors (Lipinski definition) is 3. The maximum atomic E-state index is 13.5. The van der Waals surface area contributed by atoms with Crippen molar-refractivity contribution < 1.29 is 18.3 Å². The minimum Gasteiger partial charge on any atom is -0.497 e. The van der Waals surface area contributed by atoms with Crippen LogP contribution in [-0.4, -0.2) is 18.0 Å². The highest BCUT2D eigenvalue weighted by atomic mass is 19.1. The number of rotatable bonds is 3. The van der Waals surface area contributed by atoms with Crippen molar-refractivity contribution in [3.8, 4) is 5.75 Å². The average molecular weight is 264 g/mol. The van der Waals surface area contributed by atoms with E-state index < -0.39 is 17.7 Å². The van der Waals surface area contributed by atoms with Gasteiger partial charge in [-0.25, -0.2) is 9.37 Å². The second-order valence-electron chi connectivity index (χ2n) is 3.67. The minimum atomic E-state index is -0.691. The number of ether oxygens (including phenoxy) is 1. The maximum Gasteiger partial charge on any atom is 0.257 e. The van der Waals surface area contributed by atoms with Gasteiger partial charge in [-0.3, -0.25) is 4.79 Å². The van der Waals surface area contributed by atoms with Gasteiger partial charge >= 0.3 is 0 Å². The average Bonchev–Trinajstić information content (AvgIpc) is 2.42. The van der Waals surface area contributed by atoms with E-state index in [1.165, 1.54) is 31.4 Å².